The van der Waals surface area contributed by atoms with Crippen molar-refractivity contribution < 1.29 is 9.13 Å². The van der Waals surface area contributed by atoms with Crippen molar-refractivity contribution in [2.45, 2.75) is 39.5 Å². The minimum absolute atomic E-state index is 0.127. The first kappa shape index (κ1) is 21.8. The molecule has 0 saturated heterocycles. The van der Waals surface area contributed by atoms with Gasteiger partial charge in [0.2, 0.25) is 0 Å². The summed E-state index contributed by atoms with van der Waals surface area (Å²) in [5.74, 6) is 2.49. The second kappa shape index (κ2) is 10.7. The quantitative estimate of drug-likeness (QED) is 0.402. The number of nitrogens with one attached hydrogen (secondary N) is 2. The van der Waals surface area contributed by atoms with Crippen molar-refractivity contribution in [3.63, 3.8) is 0 Å². The first-order valence-corrected chi connectivity index (χ1v) is 10.7. The maximum absolute atomic E-state index is 13.4. The molecule has 160 valence electrons. The second-order valence-corrected chi connectivity index (χ2v) is 7.84. The fourth-order valence-electron chi connectivity index (χ4n) is 2.71. The molecule has 1 aromatic carbocycles. The number of rotatable bonds is 9. The molecule has 0 bridgehead atoms. The molecule has 1 unspecified atom stereocenters. The van der Waals surface area contributed by atoms with E-state index in [9.17, 15) is 4.39 Å². The largest absolute Gasteiger partial charge is 0.489 e. The van der Waals surface area contributed by atoms with Crippen molar-refractivity contribution in [3.05, 3.63) is 64.1 Å². The highest BCUT2D eigenvalue weighted by atomic mass is 32.1. The highest BCUT2D eigenvalue weighted by Crippen LogP contribution is 2.15. The maximum atomic E-state index is 13.4. The van der Waals surface area contributed by atoms with Crippen LogP contribution in [0.15, 0.2) is 46.8 Å². The van der Waals surface area contributed by atoms with Crippen LogP contribution in [-0.4, -0.2) is 33.4 Å². The standard InChI is InChI=1S/C21H27FN6OS/c1-4-17(29-18-8-5-7-16(22)11-18)12-23-21(24-13-19-9-6-10-30-19)25-14-20-27-26-15(2)28(20)3/h5-11,17H,4,12-14H2,1-3H3,(H2,23,24,25). The third kappa shape index (κ3) is 6.28. The van der Waals surface area contributed by atoms with Crippen molar-refractivity contribution in [3.8, 4) is 5.75 Å². The number of aliphatic imine (C=N–C) groups is 1. The Bertz CT molecular complexity index is 956. The summed E-state index contributed by atoms with van der Waals surface area (Å²) in [7, 11) is 1.92. The van der Waals surface area contributed by atoms with E-state index < -0.39 is 0 Å². The average molecular weight is 431 g/mol. The monoisotopic (exact) mass is 430 g/mol. The average Bonchev–Trinajstić information content (AvgIpc) is 3.37. The van der Waals surface area contributed by atoms with E-state index in [0.717, 1.165) is 18.1 Å². The van der Waals surface area contributed by atoms with E-state index >= 15 is 0 Å². The number of aryl methyl sites for hydroxylation is 1. The summed E-state index contributed by atoms with van der Waals surface area (Å²) in [5, 5.41) is 17.0. The molecule has 30 heavy (non-hydrogen) atoms. The lowest BCUT2D eigenvalue weighted by Crippen LogP contribution is -2.42. The van der Waals surface area contributed by atoms with E-state index in [1.807, 2.05) is 36.9 Å². The molecule has 1 atom stereocenters. The Balaban J connectivity index is 1.63. The Labute approximate surface area is 180 Å². The zero-order valence-corrected chi connectivity index (χ0v) is 18.2. The summed E-state index contributed by atoms with van der Waals surface area (Å²) in [6, 6.07) is 10.3. The summed E-state index contributed by atoms with van der Waals surface area (Å²) in [4.78, 5) is 5.87. The number of benzene rings is 1. The van der Waals surface area contributed by atoms with E-state index in [-0.39, 0.29) is 11.9 Å². The van der Waals surface area contributed by atoms with Crippen molar-refractivity contribution >= 4 is 17.3 Å². The molecule has 0 saturated carbocycles. The second-order valence-electron chi connectivity index (χ2n) is 6.81. The molecule has 2 heterocycles. The number of guanidine groups is 1. The van der Waals surface area contributed by atoms with Crippen LogP contribution in [-0.2, 0) is 20.1 Å². The molecule has 0 radical (unpaired) electrons. The Morgan fingerprint density at radius 2 is 2.13 bits per heavy atom. The van der Waals surface area contributed by atoms with Crippen molar-refractivity contribution in [2.75, 3.05) is 6.54 Å². The van der Waals surface area contributed by atoms with Gasteiger partial charge < -0.3 is 19.9 Å². The molecule has 7 nitrogen and oxygen atoms in total. The molecule has 0 aliphatic heterocycles. The molecule has 0 fully saturated rings. The van der Waals surface area contributed by atoms with Gasteiger partial charge in [0.05, 0.1) is 13.1 Å². The van der Waals surface area contributed by atoms with Crippen LogP contribution in [0.2, 0.25) is 0 Å². The summed E-state index contributed by atoms with van der Waals surface area (Å²) in [6.07, 6.45) is 0.641. The predicted molar refractivity (Wildman–Crippen MR) is 117 cm³/mol. The van der Waals surface area contributed by atoms with Gasteiger partial charge in [0.15, 0.2) is 11.8 Å². The van der Waals surface area contributed by atoms with Gasteiger partial charge in [-0.2, -0.15) is 0 Å². The summed E-state index contributed by atoms with van der Waals surface area (Å²) in [6.45, 7) is 5.54. The van der Waals surface area contributed by atoms with Gasteiger partial charge in [0.25, 0.3) is 0 Å². The summed E-state index contributed by atoms with van der Waals surface area (Å²) >= 11 is 1.69. The topological polar surface area (TPSA) is 76.4 Å². The van der Waals surface area contributed by atoms with E-state index in [1.165, 1.54) is 17.0 Å². The smallest absolute Gasteiger partial charge is 0.192 e. The minimum atomic E-state index is -0.311. The van der Waals surface area contributed by atoms with Gasteiger partial charge in [-0.3, -0.25) is 0 Å². The third-order valence-corrected chi connectivity index (χ3v) is 5.50. The van der Waals surface area contributed by atoms with Crippen LogP contribution >= 0.6 is 11.3 Å². The Hall–Kier alpha value is -2.94. The van der Waals surface area contributed by atoms with E-state index in [2.05, 4.69) is 31.9 Å². The van der Waals surface area contributed by atoms with Gasteiger partial charge in [-0.1, -0.05) is 19.1 Å². The Kier molecular flexibility index (Phi) is 7.78. The molecule has 3 rings (SSSR count). The van der Waals surface area contributed by atoms with E-state index in [0.29, 0.717) is 31.3 Å². The first-order valence-electron chi connectivity index (χ1n) is 9.86. The predicted octanol–water partition coefficient (Wildman–Crippen LogP) is 3.42. The van der Waals surface area contributed by atoms with E-state index in [1.54, 1.807) is 23.5 Å². The van der Waals surface area contributed by atoms with Crippen LogP contribution < -0.4 is 15.4 Å². The first-order chi connectivity index (χ1) is 14.5. The molecule has 0 aliphatic carbocycles. The molecular weight excluding hydrogens is 403 g/mol. The highest BCUT2D eigenvalue weighted by Gasteiger charge is 2.11. The SMILES string of the molecule is CCC(CNC(=NCc1nnc(C)n1C)NCc1cccs1)Oc1cccc(F)c1. The van der Waals surface area contributed by atoms with Crippen LogP contribution in [0, 0.1) is 12.7 Å². The molecule has 0 aliphatic rings. The van der Waals surface area contributed by atoms with Crippen LogP contribution in [0.5, 0.6) is 5.75 Å². The van der Waals surface area contributed by atoms with E-state index in [4.69, 9.17) is 4.74 Å². The molecule has 9 heteroatoms. The number of thiophene rings is 1. The fraction of sp³-hybridized carbons (Fsp3) is 0.381. The van der Waals surface area contributed by atoms with Crippen LogP contribution in [0.3, 0.4) is 0 Å². The number of hydrogen-bond donors (Lipinski definition) is 2. The molecule has 0 amide bonds. The van der Waals surface area contributed by atoms with Crippen molar-refractivity contribution in [1.82, 2.24) is 25.4 Å². The van der Waals surface area contributed by atoms with Gasteiger partial charge in [0.1, 0.15) is 30.0 Å². The number of ether oxygens (including phenoxy) is 1. The number of aromatic nitrogens is 3. The van der Waals surface area contributed by atoms with Gasteiger partial charge >= 0.3 is 0 Å². The molecule has 2 N–H and O–H groups in total. The highest BCUT2D eigenvalue weighted by molar-refractivity contribution is 7.09. The van der Waals surface area contributed by atoms with Gasteiger partial charge in [-0.15, -0.1) is 21.5 Å². The Morgan fingerprint density at radius 1 is 1.27 bits per heavy atom. The molecular formula is C21H27FN6OS. The van der Waals surface area contributed by atoms with Crippen LogP contribution in [0.4, 0.5) is 4.39 Å². The van der Waals surface area contributed by atoms with Crippen molar-refractivity contribution in [1.29, 1.82) is 0 Å². The molecule has 0 spiro atoms. The molecule has 3 aromatic rings. The summed E-state index contributed by atoms with van der Waals surface area (Å²) in [5.41, 5.74) is 0. The van der Waals surface area contributed by atoms with Gasteiger partial charge in [0, 0.05) is 18.0 Å². The lowest BCUT2D eigenvalue weighted by atomic mass is 10.2. The lowest BCUT2D eigenvalue weighted by Gasteiger charge is -2.20. The number of nitrogens with zero attached hydrogens (tertiary/aromatic N) is 4. The number of halogens is 1. The van der Waals surface area contributed by atoms with Crippen molar-refractivity contribution in [2.24, 2.45) is 12.0 Å². The fourth-order valence-corrected chi connectivity index (χ4v) is 3.35. The van der Waals surface area contributed by atoms with Crippen LogP contribution in [0.1, 0.15) is 29.9 Å². The normalized spacial score (nSPS) is 12.6. The molecule has 2 aromatic heterocycles. The van der Waals surface area contributed by atoms with Crippen LogP contribution in [0.25, 0.3) is 0 Å². The minimum Gasteiger partial charge on any atom is -0.489 e. The third-order valence-electron chi connectivity index (χ3n) is 4.62. The van der Waals surface area contributed by atoms with Gasteiger partial charge in [-0.25, -0.2) is 9.38 Å². The Morgan fingerprint density at radius 3 is 2.80 bits per heavy atom. The number of hydrogen-bond acceptors (Lipinski definition) is 5. The lowest BCUT2D eigenvalue weighted by molar-refractivity contribution is 0.198. The zero-order valence-electron chi connectivity index (χ0n) is 17.4. The summed E-state index contributed by atoms with van der Waals surface area (Å²) < 4.78 is 21.3. The zero-order chi connectivity index (χ0) is 21.3. The van der Waals surface area contributed by atoms with Gasteiger partial charge in [-0.05, 0) is 36.9 Å². The maximum Gasteiger partial charge on any atom is 0.192 e.